The highest BCUT2D eigenvalue weighted by atomic mass is 31.2. The highest BCUT2D eigenvalue weighted by molar-refractivity contribution is 7.47. The van der Waals surface area contributed by atoms with Gasteiger partial charge in [0.1, 0.15) is 47.7 Å². The van der Waals surface area contributed by atoms with Gasteiger partial charge in [0.2, 0.25) is 0 Å². The van der Waals surface area contributed by atoms with Crippen LogP contribution in [-0.2, 0) is 40.0 Å². The van der Waals surface area contributed by atoms with Crippen molar-refractivity contribution in [1.29, 1.82) is 5.26 Å². The number of phosphoric acid groups is 1. The van der Waals surface area contributed by atoms with E-state index in [1.54, 1.807) is 19.1 Å². The molecule has 1 saturated heterocycles. The standard InChI is InChI=1S/C42H63FN5O9P/c1-4-5-6-7-8-9-10-11-12-13-14-15-16-17-18-19-22-53-27-33(54-26-31-23-32(25-44)30(2)34(43)24-31)28-55-58(51,52)57-38-37-42(38,50)40(49)41(3,56-37)36-21-20-35-39(45)46-29-47-48(35)36/h20-21,23-24,29,33,37-38,40,49-50H,4-19,22,26-28H2,1-3H3,(H,51,52)(H2,45,46,47)/t33-,37-,38?,40+,41+,42+/m1/s1. The van der Waals surface area contributed by atoms with Crippen LogP contribution in [0.4, 0.5) is 10.2 Å². The molecule has 5 N–H and O–H groups in total. The van der Waals surface area contributed by atoms with E-state index in [-0.39, 0.29) is 30.2 Å². The molecule has 322 valence electrons. The lowest BCUT2D eigenvalue weighted by Crippen LogP contribution is -2.46. The number of aliphatic hydroxyl groups excluding tert-OH is 1. The number of halogens is 1. The zero-order valence-corrected chi connectivity index (χ0v) is 35.2. The van der Waals surface area contributed by atoms with Crippen molar-refractivity contribution < 1.29 is 47.3 Å². The maximum atomic E-state index is 14.5. The third kappa shape index (κ3) is 11.6. The van der Waals surface area contributed by atoms with Gasteiger partial charge in [-0.2, -0.15) is 10.4 Å². The summed E-state index contributed by atoms with van der Waals surface area (Å²) in [5, 5.41) is 36.3. The summed E-state index contributed by atoms with van der Waals surface area (Å²) in [6.45, 7) is 5.23. The van der Waals surface area contributed by atoms with Gasteiger partial charge < -0.3 is 35.1 Å². The van der Waals surface area contributed by atoms with Gasteiger partial charge in [0, 0.05) is 12.2 Å². The minimum atomic E-state index is -4.84. The Balaban J connectivity index is 1.04. The molecule has 0 amide bonds. The molecule has 0 spiro atoms. The van der Waals surface area contributed by atoms with Crippen LogP contribution >= 0.6 is 7.82 Å². The minimum Gasteiger partial charge on any atom is -0.386 e. The number of rotatable bonds is 28. The first kappa shape index (κ1) is 46.0. The second-order valence-electron chi connectivity index (χ2n) is 16.1. The summed E-state index contributed by atoms with van der Waals surface area (Å²) in [7, 11) is -4.84. The van der Waals surface area contributed by atoms with E-state index in [0.29, 0.717) is 23.4 Å². The summed E-state index contributed by atoms with van der Waals surface area (Å²) < 4.78 is 57.7. The van der Waals surface area contributed by atoms with Crippen molar-refractivity contribution in [3.63, 3.8) is 0 Å². The Hall–Kier alpha value is -3.03. The van der Waals surface area contributed by atoms with Crippen molar-refractivity contribution in [3.05, 3.63) is 58.8 Å². The van der Waals surface area contributed by atoms with E-state index in [1.165, 1.54) is 113 Å². The monoisotopic (exact) mass is 831 g/mol. The van der Waals surface area contributed by atoms with Gasteiger partial charge in [-0.25, -0.2) is 18.5 Å². The molecular formula is C42H63FN5O9P. The normalized spacial score (nSPS) is 24.1. The average molecular weight is 832 g/mol. The van der Waals surface area contributed by atoms with Gasteiger partial charge in [0.25, 0.3) is 0 Å². The van der Waals surface area contributed by atoms with Gasteiger partial charge in [-0.1, -0.05) is 103 Å². The Morgan fingerprint density at radius 2 is 1.64 bits per heavy atom. The van der Waals surface area contributed by atoms with Crippen molar-refractivity contribution in [2.45, 2.75) is 166 Å². The maximum Gasteiger partial charge on any atom is 0.472 e. The third-order valence-corrected chi connectivity index (χ3v) is 12.5. The van der Waals surface area contributed by atoms with E-state index >= 15 is 0 Å². The number of fused-ring (bicyclic) bond motifs is 2. The van der Waals surface area contributed by atoms with E-state index in [4.69, 9.17) is 29.0 Å². The number of nitrogens with two attached hydrogens (primary N) is 1. The summed E-state index contributed by atoms with van der Waals surface area (Å²) >= 11 is 0. The first-order chi connectivity index (χ1) is 27.9. The molecule has 1 aromatic carbocycles. The molecule has 3 aromatic rings. The Labute approximate surface area is 341 Å². The quantitative estimate of drug-likeness (QED) is 0.0409. The molecule has 0 radical (unpaired) electrons. The second-order valence-corrected chi connectivity index (χ2v) is 17.5. The predicted octanol–water partition coefficient (Wildman–Crippen LogP) is 7.72. The molecule has 3 heterocycles. The second kappa shape index (κ2) is 21.5. The SMILES string of the molecule is CCCCCCCCCCCCCCCCCCOC[C@H](COP(=O)(O)OC1[C@H]2O[C@@](C)(c3ccc4c(N)ncnn34)[C@H](O)[C@@]12O)OCc1cc(F)c(C)c(C#N)c1. The maximum absolute atomic E-state index is 14.5. The molecule has 0 bridgehead atoms. The summed E-state index contributed by atoms with van der Waals surface area (Å²) in [5.74, 6) is -0.332. The molecule has 58 heavy (non-hydrogen) atoms. The Morgan fingerprint density at radius 1 is 1.02 bits per heavy atom. The van der Waals surface area contributed by atoms with E-state index in [9.17, 15) is 29.3 Å². The molecular weight excluding hydrogens is 768 g/mol. The number of hydrogen-bond acceptors (Lipinski definition) is 12. The number of nitrogens with zero attached hydrogens (tertiary/aromatic N) is 4. The number of aromatic nitrogens is 3. The molecule has 14 nitrogen and oxygen atoms in total. The minimum absolute atomic E-state index is 0.00764. The number of hydrogen-bond donors (Lipinski definition) is 4. The molecule has 7 atom stereocenters. The van der Waals surface area contributed by atoms with Crippen LogP contribution in [0.3, 0.4) is 0 Å². The summed E-state index contributed by atoms with van der Waals surface area (Å²) in [4.78, 5) is 14.7. The van der Waals surface area contributed by atoms with Crippen molar-refractivity contribution >= 4 is 19.2 Å². The summed E-state index contributed by atoms with van der Waals surface area (Å²) in [6.07, 6.45) is 16.4. The van der Waals surface area contributed by atoms with Crippen LogP contribution in [0.15, 0.2) is 30.6 Å². The van der Waals surface area contributed by atoms with Crippen LogP contribution in [0.5, 0.6) is 0 Å². The molecule has 2 aliphatic rings. The van der Waals surface area contributed by atoms with Crippen molar-refractivity contribution in [2.24, 2.45) is 0 Å². The number of benzene rings is 1. The summed E-state index contributed by atoms with van der Waals surface area (Å²) in [6, 6.07) is 8.07. The van der Waals surface area contributed by atoms with E-state index in [0.717, 1.165) is 19.3 Å². The zero-order chi connectivity index (χ0) is 41.8. The number of nitriles is 1. The number of ether oxygens (including phenoxy) is 3. The van der Waals surface area contributed by atoms with Gasteiger partial charge in [-0.05, 0) is 50.1 Å². The largest absolute Gasteiger partial charge is 0.472 e. The van der Waals surface area contributed by atoms with Crippen LogP contribution < -0.4 is 5.73 Å². The Kier molecular flexibility index (Phi) is 17.0. The van der Waals surface area contributed by atoms with Crippen LogP contribution in [-0.4, -0.2) is 79.5 Å². The molecule has 1 aliphatic heterocycles. The molecule has 2 fully saturated rings. The van der Waals surface area contributed by atoms with Crippen LogP contribution in [0, 0.1) is 24.1 Å². The fourth-order valence-electron chi connectivity index (χ4n) is 7.85. The van der Waals surface area contributed by atoms with Gasteiger partial charge in [0.15, 0.2) is 11.4 Å². The Morgan fingerprint density at radius 3 is 2.22 bits per heavy atom. The third-order valence-electron chi connectivity index (χ3n) is 11.5. The van der Waals surface area contributed by atoms with E-state index in [1.807, 2.05) is 6.07 Å². The first-order valence-corrected chi connectivity index (χ1v) is 22.6. The van der Waals surface area contributed by atoms with E-state index < -0.39 is 55.9 Å². The topological polar surface area (TPSA) is 204 Å². The zero-order valence-electron chi connectivity index (χ0n) is 34.3. The van der Waals surface area contributed by atoms with Gasteiger partial charge in [0.05, 0.1) is 37.1 Å². The lowest BCUT2D eigenvalue weighted by Gasteiger charge is -2.32. The number of phosphoric ester groups is 1. The van der Waals surface area contributed by atoms with Crippen molar-refractivity contribution in [3.8, 4) is 6.07 Å². The molecule has 2 aromatic heterocycles. The molecule has 16 heteroatoms. The smallest absolute Gasteiger partial charge is 0.386 e. The Bertz CT molecular complexity index is 1860. The lowest BCUT2D eigenvalue weighted by molar-refractivity contribution is -0.127. The summed E-state index contributed by atoms with van der Waals surface area (Å²) in [5.41, 5.74) is 4.15. The molecule has 1 saturated carbocycles. The molecule has 1 aliphatic carbocycles. The van der Waals surface area contributed by atoms with Crippen LogP contribution in [0.1, 0.15) is 139 Å². The molecule has 2 unspecified atom stereocenters. The van der Waals surface area contributed by atoms with Gasteiger partial charge >= 0.3 is 7.82 Å². The van der Waals surface area contributed by atoms with Crippen molar-refractivity contribution in [1.82, 2.24) is 14.6 Å². The average Bonchev–Trinajstić information content (AvgIpc) is 3.44. The van der Waals surface area contributed by atoms with Crippen LogP contribution in [0.25, 0.3) is 5.52 Å². The predicted molar refractivity (Wildman–Crippen MR) is 216 cm³/mol. The van der Waals surface area contributed by atoms with E-state index in [2.05, 4.69) is 17.0 Å². The highest BCUT2D eigenvalue weighted by Gasteiger charge is 2.82. The number of aliphatic hydroxyl groups is 2. The number of nitrogen functional groups attached to an aromatic ring is 1. The van der Waals surface area contributed by atoms with Gasteiger partial charge in [-0.15, -0.1) is 0 Å². The fraction of sp³-hybridized carbons (Fsp3) is 0.690. The lowest BCUT2D eigenvalue weighted by atomic mass is 9.91. The fourth-order valence-corrected chi connectivity index (χ4v) is 8.83. The van der Waals surface area contributed by atoms with Crippen LogP contribution in [0.2, 0.25) is 0 Å². The number of unbranched alkanes of at least 4 members (excludes halogenated alkanes) is 15. The number of anilines is 1. The molecule has 5 rings (SSSR count). The van der Waals surface area contributed by atoms with Gasteiger partial charge in [-0.3, -0.25) is 9.05 Å². The first-order valence-electron chi connectivity index (χ1n) is 21.1. The van der Waals surface area contributed by atoms with Crippen molar-refractivity contribution in [2.75, 3.05) is 25.6 Å². The highest BCUT2D eigenvalue weighted by Crippen LogP contribution is 2.63.